The topological polar surface area (TPSA) is 58.0 Å². The van der Waals surface area contributed by atoms with E-state index in [1.165, 1.54) is 0 Å². The van der Waals surface area contributed by atoms with Crippen LogP contribution in [0.25, 0.3) is 0 Å². The van der Waals surface area contributed by atoms with Crippen LogP contribution in [0.15, 0.2) is 17.3 Å². The summed E-state index contributed by atoms with van der Waals surface area (Å²) >= 11 is 0. The molecule has 2 atom stereocenters. The Morgan fingerprint density at radius 3 is 2.38 bits per heavy atom. The molecule has 0 aliphatic carbocycles. The van der Waals surface area contributed by atoms with Crippen LogP contribution in [0.2, 0.25) is 0 Å². The van der Waals surface area contributed by atoms with Gasteiger partial charge in [0.15, 0.2) is 5.82 Å². The molecule has 0 spiro atoms. The molecule has 2 rings (SSSR count). The molecule has 132 valence electrons. The molecule has 0 aromatic carbocycles. The number of hydrogen-bond acceptors (Lipinski definition) is 5. The van der Waals surface area contributed by atoms with Crippen LogP contribution in [0.5, 0.6) is 0 Å². The average molecular weight is 332 g/mol. The molecule has 1 aliphatic rings. The molecule has 0 radical (unpaired) electrons. The van der Waals surface area contributed by atoms with Gasteiger partial charge in [-0.3, -0.25) is 4.90 Å². The van der Waals surface area contributed by atoms with Crippen LogP contribution in [0.1, 0.15) is 40.2 Å². The first kappa shape index (κ1) is 18.2. The van der Waals surface area contributed by atoms with Gasteiger partial charge in [0.1, 0.15) is 5.60 Å². The van der Waals surface area contributed by atoms with Crippen molar-refractivity contribution in [3.63, 3.8) is 0 Å². The number of nitrogens with zero attached hydrogens (tertiary/aromatic N) is 4. The summed E-state index contributed by atoms with van der Waals surface area (Å²) in [5.74, 6) is 0.659. The van der Waals surface area contributed by atoms with E-state index in [1.807, 2.05) is 52.6 Å². The van der Waals surface area contributed by atoms with E-state index in [1.54, 1.807) is 0 Å². The summed E-state index contributed by atoms with van der Waals surface area (Å²) in [5, 5.41) is 0. The summed E-state index contributed by atoms with van der Waals surface area (Å²) in [6.45, 7) is 16.8. The van der Waals surface area contributed by atoms with Crippen molar-refractivity contribution in [1.82, 2.24) is 9.88 Å². The maximum atomic E-state index is 12.5. The van der Waals surface area contributed by atoms with Crippen LogP contribution < -0.4 is 4.90 Å². The van der Waals surface area contributed by atoms with E-state index in [9.17, 15) is 4.79 Å². The Morgan fingerprint density at radius 2 is 1.92 bits per heavy atom. The summed E-state index contributed by atoms with van der Waals surface area (Å²) in [4.78, 5) is 24.8. The minimum absolute atomic E-state index is 0.0566. The number of aryl methyl sites for hydroxylation is 1. The van der Waals surface area contributed by atoms with E-state index in [2.05, 4.69) is 27.7 Å². The summed E-state index contributed by atoms with van der Waals surface area (Å²) in [6.07, 6.45) is 1.57. The minimum Gasteiger partial charge on any atom is -0.444 e. The van der Waals surface area contributed by atoms with E-state index >= 15 is 0 Å². The van der Waals surface area contributed by atoms with E-state index < -0.39 is 5.60 Å². The quantitative estimate of drug-likeness (QED) is 0.777. The highest BCUT2D eigenvalue weighted by Crippen LogP contribution is 2.26. The number of ether oxygens (including phenoxy) is 1. The minimum atomic E-state index is -0.484. The molecular formula is C18H28N4O2. The highest BCUT2D eigenvalue weighted by Gasteiger charge is 2.35. The summed E-state index contributed by atoms with van der Waals surface area (Å²) in [7, 11) is 0. The van der Waals surface area contributed by atoms with Crippen LogP contribution in [0.4, 0.5) is 16.3 Å². The second-order valence-corrected chi connectivity index (χ2v) is 7.48. The largest absolute Gasteiger partial charge is 0.444 e. The molecule has 0 N–H and O–H groups in total. The van der Waals surface area contributed by atoms with E-state index in [0.29, 0.717) is 5.82 Å². The molecule has 0 bridgehead atoms. The van der Waals surface area contributed by atoms with Gasteiger partial charge < -0.3 is 9.64 Å². The number of carbonyl (C=O) groups is 1. The van der Waals surface area contributed by atoms with Crippen molar-refractivity contribution in [1.29, 1.82) is 0 Å². The van der Waals surface area contributed by atoms with E-state index in [-0.39, 0.29) is 18.2 Å². The van der Waals surface area contributed by atoms with Crippen molar-refractivity contribution >= 4 is 24.3 Å². The van der Waals surface area contributed by atoms with Gasteiger partial charge in [-0.1, -0.05) is 0 Å². The molecule has 1 aliphatic heterocycles. The van der Waals surface area contributed by atoms with Crippen LogP contribution in [-0.4, -0.2) is 53.5 Å². The SMILES string of the molecule is C=Nc1ncc(N2C[C@@H](C)N(C(=O)OC(C)(C)C)[C@H](C)C2)cc1C. The molecular weight excluding hydrogens is 304 g/mol. The van der Waals surface area contributed by atoms with E-state index in [4.69, 9.17) is 4.74 Å². The molecule has 0 unspecified atom stereocenters. The zero-order valence-corrected chi connectivity index (χ0v) is 15.5. The predicted octanol–water partition coefficient (Wildman–Crippen LogP) is 3.56. The fourth-order valence-electron chi connectivity index (χ4n) is 3.10. The Bertz CT molecular complexity index is 612. The molecule has 6 heteroatoms. The molecule has 1 saturated heterocycles. The van der Waals surface area contributed by atoms with Gasteiger partial charge in [-0.2, -0.15) is 0 Å². The molecule has 1 aromatic heterocycles. The summed E-state index contributed by atoms with van der Waals surface area (Å²) in [6, 6.07) is 2.18. The van der Waals surface area contributed by atoms with Crippen LogP contribution >= 0.6 is 0 Å². The lowest BCUT2D eigenvalue weighted by molar-refractivity contribution is 0.00566. The number of aromatic nitrogens is 1. The van der Waals surface area contributed by atoms with Gasteiger partial charge in [0.25, 0.3) is 0 Å². The third-order valence-corrected chi connectivity index (χ3v) is 4.07. The first-order valence-electron chi connectivity index (χ1n) is 8.32. The summed E-state index contributed by atoms with van der Waals surface area (Å²) in [5.41, 5.74) is 1.56. The molecule has 0 saturated carbocycles. The number of rotatable bonds is 2. The molecule has 1 fully saturated rings. The van der Waals surface area contributed by atoms with Crippen molar-refractivity contribution in [2.45, 2.75) is 59.2 Å². The number of anilines is 1. The normalized spacial score (nSPS) is 21.6. The average Bonchev–Trinajstić information content (AvgIpc) is 2.44. The molecule has 2 heterocycles. The van der Waals surface area contributed by atoms with Gasteiger partial charge in [-0.15, -0.1) is 0 Å². The second-order valence-electron chi connectivity index (χ2n) is 7.48. The van der Waals surface area contributed by atoms with Gasteiger partial charge >= 0.3 is 6.09 Å². The monoisotopic (exact) mass is 332 g/mol. The van der Waals surface area contributed by atoms with Crippen LogP contribution in [0.3, 0.4) is 0 Å². The van der Waals surface area contributed by atoms with Gasteiger partial charge in [0.05, 0.1) is 24.0 Å². The van der Waals surface area contributed by atoms with Gasteiger partial charge in [0.2, 0.25) is 0 Å². The van der Waals surface area contributed by atoms with Crippen LogP contribution in [0, 0.1) is 6.92 Å². The van der Waals surface area contributed by atoms with Gasteiger partial charge in [-0.05, 0) is 59.9 Å². The Balaban J connectivity index is 2.14. The Hall–Kier alpha value is -2.11. The van der Waals surface area contributed by atoms with Crippen molar-refractivity contribution in [2.24, 2.45) is 4.99 Å². The predicted molar refractivity (Wildman–Crippen MR) is 97.4 cm³/mol. The van der Waals surface area contributed by atoms with Crippen molar-refractivity contribution < 1.29 is 9.53 Å². The van der Waals surface area contributed by atoms with Crippen LogP contribution in [-0.2, 0) is 4.74 Å². The lowest BCUT2D eigenvalue weighted by atomic mass is 10.1. The molecule has 1 aromatic rings. The molecule has 24 heavy (non-hydrogen) atoms. The maximum Gasteiger partial charge on any atom is 0.410 e. The fourth-order valence-corrected chi connectivity index (χ4v) is 3.10. The fraction of sp³-hybridized carbons (Fsp3) is 0.611. The number of aliphatic imine (C=N–C) groups is 1. The summed E-state index contributed by atoms with van der Waals surface area (Å²) < 4.78 is 5.55. The lowest BCUT2D eigenvalue weighted by Crippen LogP contribution is -2.59. The second kappa shape index (κ2) is 6.79. The molecule has 6 nitrogen and oxygen atoms in total. The van der Waals surface area contributed by atoms with Crippen molar-refractivity contribution in [2.75, 3.05) is 18.0 Å². The number of amides is 1. The molecule has 1 amide bonds. The van der Waals surface area contributed by atoms with E-state index in [0.717, 1.165) is 24.3 Å². The maximum absolute atomic E-state index is 12.5. The lowest BCUT2D eigenvalue weighted by Gasteiger charge is -2.45. The zero-order chi connectivity index (χ0) is 18.1. The Kier molecular flexibility index (Phi) is 5.16. The third kappa shape index (κ3) is 4.04. The highest BCUT2D eigenvalue weighted by atomic mass is 16.6. The van der Waals surface area contributed by atoms with Gasteiger partial charge in [-0.25, -0.2) is 14.8 Å². The number of hydrogen-bond donors (Lipinski definition) is 0. The van der Waals surface area contributed by atoms with Gasteiger partial charge in [0, 0.05) is 13.1 Å². The smallest absolute Gasteiger partial charge is 0.410 e. The number of pyridine rings is 1. The van der Waals surface area contributed by atoms with Crippen molar-refractivity contribution in [3.8, 4) is 0 Å². The number of carbonyl (C=O) groups excluding carboxylic acids is 1. The Morgan fingerprint density at radius 1 is 1.33 bits per heavy atom. The standard InChI is InChI=1S/C18H28N4O2/c1-12-8-15(9-20-16(12)19-7)21-10-13(2)22(14(3)11-21)17(23)24-18(4,5)6/h8-9,13-14H,7,10-11H2,1-6H3/t13-,14-/m1/s1. The zero-order valence-electron chi connectivity index (χ0n) is 15.5. The first-order chi connectivity index (χ1) is 11.1. The first-order valence-corrected chi connectivity index (χ1v) is 8.32. The highest BCUT2D eigenvalue weighted by molar-refractivity contribution is 5.70. The van der Waals surface area contributed by atoms with Crippen molar-refractivity contribution in [3.05, 3.63) is 17.8 Å². The number of piperazine rings is 1. The third-order valence-electron chi connectivity index (χ3n) is 4.07. The Labute approximate surface area is 144 Å².